The van der Waals surface area contributed by atoms with Crippen molar-refractivity contribution in [2.75, 3.05) is 0 Å². The van der Waals surface area contributed by atoms with Crippen LogP contribution in [0.1, 0.15) is 23.5 Å². The minimum absolute atomic E-state index is 0.283. The molecule has 1 aliphatic carbocycles. The van der Waals surface area contributed by atoms with Crippen molar-refractivity contribution < 1.29 is 0 Å². The number of aryl methyl sites for hydroxylation is 1. The van der Waals surface area contributed by atoms with Gasteiger partial charge in [-0.1, -0.05) is 24.3 Å². The van der Waals surface area contributed by atoms with E-state index in [1.54, 1.807) is 0 Å². The summed E-state index contributed by atoms with van der Waals surface area (Å²) in [6.45, 7) is 2.11. The molecule has 0 amide bonds. The van der Waals surface area contributed by atoms with Crippen LogP contribution in [0.25, 0.3) is 0 Å². The van der Waals surface area contributed by atoms with Crippen LogP contribution in [-0.2, 0) is 0 Å². The van der Waals surface area contributed by atoms with Crippen LogP contribution < -0.4 is 0 Å². The van der Waals surface area contributed by atoms with Gasteiger partial charge in [0.15, 0.2) is 0 Å². The van der Waals surface area contributed by atoms with Gasteiger partial charge in [-0.3, -0.25) is 0 Å². The predicted octanol–water partition coefficient (Wildman–Crippen LogP) is 2.62. The summed E-state index contributed by atoms with van der Waals surface area (Å²) in [6, 6.07) is 10.7. The van der Waals surface area contributed by atoms with E-state index in [0.29, 0.717) is 5.92 Å². The maximum Gasteiger partial charge on any atom is 0.0662 e. The largest absolute Gasteiger partial charge is 0.198 e. The zero-order chi connectivity index (χ0) is 8.55. The summed E-state index contributed by atoms with van der Waals surface area (Å²) in [5, 5.41) is 8.68. The number of hydrogen-bond donors (Lipinski definition) is 0. The van der Waals surface area contributed by atoms with Crippen LogP contribution in [0, 0.1) is 24.2 Å². The Kier molecular flexibility index (Phi) is 1.62. The summed E-state index contributed by atoms with van der Waals surface area (Å²) < 4.78 is 0. The van der Waals surface area contributed by atoms with Crippen molar-refractivity contribution in [3.63, 3.8) is 0 Å². The molecular weight excluding hydrogens is 146 g/mol. The van der Waals surface area contributed by atoms with Crippen LogP contribution in [0.15, 0.2) is 24.3 Å². The molecule has 0 spiro atoms. The second kappa shape index (κ2) is 2.64. The lowest BCUT2D eigenvalue weighted by Gasteiger charge is -2.01. The summed E-state index contributed by atoms with van der Waals surface area (Å²) in [4.78, 5) is 0. The topological polar surface area (TPSA) is 23.8 Å². The van der Waals surface area contributed by atoms with Gasteiger partial charge >= 0.3 is 0 Å². The lowest BCUT2D eigenvalue weighted by Crippen LogP contribution is -1.85. The van der Waals surface area contributed by atoms with Gasteiger partial charge in [0.2, 0.25) is 0 Å². The molecule has 0 radical (unpaired) electrons. The van der Waals surface area contributed by atoms with Crippen LogP contribution in [0.5, 0.6) is 0 Å². The molecule has 1 nitrogen and oxygen atoms in total. The number of hydrogen-bond acceptors (Lipinski definition) is 1. The molecule has 2 atom stereocenters. The van der Waals surface area contributed by atoms with Gasteiger partial charge < -0.3 is 0 Å². The first kappa shape index (κ1) is 7.36. The standard InChI is InChI=1S/C11H11N/c1-8-4-2-3-5-10(8)11-6-9(11)7-12/h2-5,9,11H,6H2,1H3. The van der Waals surface area contributed by atoms with Gasteiger partial charge in [0.05, 0.1) is 12.0 Å². The Bertz CT molecular complexity index is 335. The molecule has 1 saturated carbocycles. The average molecular weight is 157 g/mol. The van der Waals surface area contributed by atoms with Crippen molar-refractivity contribution in [2.45, 2.75) is 19.3 Å². The molecule has 60 valence electrons. The van der Waals surface area contributed by atoms with Crippen molar-refractivity contribution in [1.82, 2.24) is 0 Å². The highest BCUT2D eigenvalue weighted by atomic mass is 14.4. The molecule has 2 unspecified atom stereocenters. The van der Waals surface area contributed by atoms with Gasteiger partial charge in [0.25, 0.3) is 0 Å². The van der Waals surface area contributed by atoms with Crippen LogP contribution in [0.2, 0.25) is 0 Å². The molecule has 0 aliphatic heterocycles. The SMILES string of the molecule is Cc1ccccc1C1CC1C#N. The molecule has 1 aromatic carbocycles. The highest BCUT2D eigenvalue weighted by Gasteiger charge is 2.38. The summed E-state index contributed by atoms with van der Waals surface area (Å²) in [7, 11) is 0. The zero-order valence-electron chi connectivity index (χ0n) is 7.12. The van der Waals surface area contributed by atoms with E-state index in [1.165, 1.54) is 11.1 Å². The van der Waals surface area contributed by atoms with Gasteiger partial charge in [-0.25, -0.2) is 0 Å². The number of nitrogens with zero attached hydrogens (tertiary/aromatic N) is 1. The maximum absolute atomic E-state index is 8.68. The molecule has 1 heteroatoms. The molecule has 12 heavy (non-hydrogen) atoms. The van der Waals surface area contributed by atoms with Gasteiger partial charge in [-0.15, -0.1) is 0 Å². The first-order valence-corrected chi connectivity index (χ1v) is 4.28. The smallest absolute Gasteiger partial charge is 0.0662 e. The second-order valence-corrected chi connectivity index (χ2v) is 3.43. The third kappa shape index (κ3) is 1.10. The number of rotatable bonds is 1. The van der Waals surface area contributed by atoms with Gasteiger partial charge in [-0.2, -0.15) is 5.26 Å². The molecule has 1 aromatic rings. The fourth-order valence-corrected chi connectivity index (χ4v) is 1.68. The van der Waals surface area contributed by atoms with E-state index in [2.05, 4.69) is 31.2 Å². The summed E-state index contributed by atoms with van der Waals surface area (Å²) in [6.07, 6.45) is 1.06. The van der Waals surface area contributed by atoms with E-state index in [4.69, 9.17) is 5.26 Å². The molecule has 0 aromatic heterocycles. The first-order valence-electron chi connectivity index (χ1n) is 4.28. The van der Waals surface area contributed by atoms with Crippen molar-refractivity contribution in [1.29, 1.82) is 5.26 Å². The quantitative estimate of drug-likeness (QED) is 0.614. The molecule has 0 bridgehead atoms. The van der Waals surface area contributed by atoms with Gasteiger partial charge in [0, 0.05) is 5.92 Å². The average Bonchev–Trinajstić information content (AvgIpc) is 2.84. The van der Waals surface area contributed by atoms with Gasteiger partial charge in [0.1, 0.15) is 0 Å². The highest BCUT2D eigenvalue weighted by molar-refractivity contribution is 5.35. The molecule has 0 heterocycles. The van der Waals surface area contributed by atoms with E-state index in [-0.39, 0.29) is 5.92 Å². The molecule has 1 fully saturated rings. The Morgan fingerprint density at radius 1 is 1.42 bits per heavy atom. The Labute approximate surface area is 72.6 Å². The fourth-order valence-electron chi connectivity index (χ4n) is 1.68. The van der Waals surface area contributed by atoms with Crippen LogP contribution >= 0.6 is 0 Å². The molecule has 2 rings (SSSR count). The van der Waals surface area contributed by atoms with Gasteiger partial charge in [-0.05, 0) is 24.5 Å². The summed E-state index contributed by atoms with van der Waals surface area (Å²) >= 11 is 0. The van der Waals surface area contributed by atoms with Crippen molar-refractivity contribution >= 4 is 0 Å². The predicted molar refractivity (Wildman–Crippen MR) is 47.6 cm³/mol. The number of nitriles is 1. The summed E-state index contributed by atoms with van der Waals surface area (Å²) in [5.74, 6) is 0.808. The second-order valence-electron chi connectivity index (χ2n) is 3.43. The summed E-state index contributed by atoms with van der Waals surface area (Å²) in [5.41, 5.74) is 2.68. The van der Waals surface area contributed by atoms with E-state index in [1.807, 2.05) is 6.07 Å². The molecule has 0 N–H and O–H groups in total. The van der Waals surface area contributed by atoms with E-state index in [0.717, 1.165) is 6.42 Å². The maximum atomic E-state index is 8.68. The van der Waals surface area contributed by atoms with E-state index >= 15 is 0 Å². The molecular formula is C11H11N. The molecule has 1 aliphatic rings. The highest BCUT2D eigenvalue weighted by Crippen LogP contribution is 2.47. The Morgan fingerprint density at radius 3 is 2.75 bits per heavy atom. The normalized spacial score (nSPS) is 26.3. The zero-order valence-corrected chi connectivity index (χ0v) is 7.12. The third-order valence-corrected chi connectivity index (χ3v) is 2.54. The lowest BCUT2D eigenvalue weighted by atomic mass is 10.0. The molecule has 0 saturated heterocycles. The number of benzene rings is 1. The minimum atomic E-state index is 0.283. The first-order chi connectivity index (χ1) is 5.83. The van der Waals surface area contributed by atoms with Crippen LogP contribution in [0.4, 0.5) is 0 Å². The minimum Gasteiger partial charge on any atom is -0.198 e. The van der Waals surface area contributed by atoms with Crippen molar-refractivity contribution in [3.05, 3.63) is 35.4 Å². The lowest BCUT2D eigenvalue weighted by molar-refractivity contribution is 1.01. The van der Waals surface area contributed by atoms with Crippen molar-refractivity contribution in [3.8, 4) is 6.07 Å². The monoisotopic (exact) mass is 157 g/mol. The van der Waals surface area contributed by atoms with Crippen LogP contribution in [-0.4, -0.2) is 0 Å². The van der Waals surface area contributed by atoms with E-state index < -0.39 is 0 Å². The Balaban J connectivity index is 2.26. The Hall–Kier alpha value is -1.29. The fraction of sp³-hybridized carbons (Fsp3) is 0.364. The Morgan fingerprint density at radius 2 is 2.17 bits per heavy atom. The van der Waals surface area contributed by atoms with E-state index in [9.17, 15) is 0 Å². The third-order valence-electron chi connectivity index (χ3n) is 2.54. The van der Waals surface area contributed by atoms with Crippen molar-refractivity contribution in [2.24, 2.45) is 5.92 Å². The van der Waals surface area contributed by atoms with Crippen LogP contribution in [0.3, 0.4) is 0 Å².